The molecule has 0 saturated heterocycles. The Morgan fingerprint density at radius 2 is 1.65 bits per heavy atom. The summed E-state index contributed by atoms with van der Waals surface area (Å²) in [5.41, 5.74) is 3.43. The first kappa shape index (κ1) is 18.2. The zero-order chi connectivity index (χ0) is 18.2. The van der Waals surface area contributed by atoms with Crippen molar-refractivity contribution in [2.24, 2.45) is 0 Å². The molecule has 2 aromatic carbocycles. The summed E-state index contributed by atoms with van der Waals surface area (Å²) in [6.45, 7) is 3.51. The van der Waals surface area contributed by atoms with Crippen LogP contribution < -0.4 is 10.6 Å². The van der Waals surface area contributed by atoms with Gasteiger partial charge in [-0.1, -0.05) is 54.1 Å². The fourth-order valence-corrected chi connectivity index (χ4v) is 2.80. The van der Waals surface area contributed by atoms with Crippen molar-refractivity contribution in [3.05, 3.63) is 82.5 Å². The predicted molar refractivity (Wildman–Crippen MR) is 109 cm³/mol. The lowest BCUT2D eigenvalue weighted by atomic mass is 10.1. The molecule has 0 atom stereocenters. The fraction of sp³-hybridized carbons (Fsp3) is 0.238. The first-order chi connectivity index (χ1) is 12.7. The number of nitrogens with one attached hydrogen (secondary N) is 2. The summed E-state index contributed by atoms with van der Waals surface area (Å²) >= 11 is 5.92. The fourth-order valence-electron chi connectivity index (χ4n) is 2.68. The molecule has 0 amide bonds. The van der Waals surface area contributed by atoms with Crippen LogP contribution in [0.15, 0.2) is 60.7 Å². The van der Waals surface area contributed by atoms with E-state index in [1.165, 1.54) is 5.56 Å². The maximum absolute atomic E-state index is 5.92. The molecule has 5 heteroatoms. The molecule has 0 spiro atoms. The Bertz CT molecular complexity index is 819. The highest BCUT2D eigenvalue weighted by atomic mass is 35.5. The van der Waals surface area contributed by atoms with Gasteiger partial charge in [0.1, 0.15) is 5.82 Å². The third-order valence-corrected chi connectivity index (χ3v) is 4.26. The SMILES string of the molecule is Cc1cc(NCCCc2ccccc2)nc(NCc2ccc(Cl)cc2)n1. The van der Waals surface area contributed by atoms with Gasteiger partial charge in [-0.05, 0) is 43.0 Å². The Labute approximate surface area is 159 Å². The minimum absolute atomic E-state index is 0.630. The van der Waals surface area contributed by atoms with Gasteiger partial charge in [0.25, 0.3) is 0 Å². The zero-order valence-electron chi connectivity index (χ0n) is 14.9. The summed E-state index contributed by atoms with van der Waals surface area (Å²) in [4.78, 5) is 9.01. The van der Waals surface area contributed by atoms with E-state index in [0.29, 0.717) is 12.5 Å². The van der Waals surface area contributed by atoms with Gasteiger partial charge in [-0.25, -0.2) is 4.98 Å². The summed E-state index contributed by atoms with van der Waals surface area (Å²) in [5.74, 6) is 1.48. The number of halogens is 1. The highest BCUT2D eigenvalue weighted by molar-refractivity contribution is 6.30. The van der Waals surface area contributed by atoms with E-state index in [9.17, 15) is 0 Å². The monoisotopic (exact) mass is 366 g/mol. The van der Waals surface area contributed by atoms with E-state index in [0.717, 1.165) is 41.5 Å². The van der Waals surface area contributed by atoms with E-state index in [1.54, 1.807) is 0 Å². The van der Waals surface area contributed by atoms with Crippen molar-refractivity contribution in [1.82, 2.24) is 9.97 Å². The largest absolute Gasteiger partial charge is 0.370 e. The summed E-state index contributed by atoms with van der Waals surface area (Å²) in [6.07, 6.45) is 2.11. The number of aromatic nitrogens is 2. The minimum Gasteiger partial charge on any atom is -0.370 e. The molecular formula is C21H23ClN4. The number of benzene rings is 2. The molecule has 0 aliphatic carbocycles. The van der Waals surface area contributed by atoms with Gasteiger partial charge in [-0.15, -0.1) is 0 Å². The van der Waals surface area contributed by atoms with E-state index in [4.69, 9.17) is 11.6 Å². The van der Waals surface area contributed by atoms with Crippen molar-refractivity contribution in [2.45, 2.75) is 26.3 Å². The highest BCUT2D eigenvalue weighted by Gasteiger charge is 2.03. The first-order valence-electron chi connectivity index (χ1n) is 8.81. The molecule has 4 nitrogen and oxygen atoms in total. The Morgan fingerprint density at radius 3 is 2.42 bits per heavy atom. The lowest BCUT2D eigenvalue weighted by Gasteiger charge is -2.10. The molecule has 1 aromatic heterocycles. The van der Waals surface area contributed by atoms with Crippen molar-refractivity contribution in [3.8, 4) is 0 Å². The van der Waals surface area contributed by atoms with Gasteiger partial charge in [0.2, 0.25) is 5.95 Å². The van der Waals surface area contributed by atoms with Crippen LogP contribution in [0.3, 0.4) is 0 Å². The predicted octanol–water partition coefficient (Wildman–Crippen LogP) is 5.10. The van der Waals surface area contributed by atoms with E-state index in [2.05, 4.69) is 44.9 Å². The second-order valence-electron chi connectivity index (χ2n) is 6.21. The Kier molecular flexibility index (Phi) is 6.45. The third-order valence-electron chi connectivity index (χ3n) is 4.01. The molecule has 0 saturated carbocycles. The molecule has 0 bridgehead atoms. The van der Waals surface area contributed by atoms with Crippen LogP contribution >= 0.6 is 11.6 Å². The molecule has 3 aromatic rings. The number of aryl methyl sites for hydroxylation is 2. The molecule has 0 fully saturated rings. The summed E-state index contributed by atoms with van der Waals surface area (Å²) in [5, 5.41) is 7.40. The quantitative estimate of drug-likeness (QED) is 0.545. The molecule has 134 valence electrons. The molecule has 3 rings (SSSR count). The van der Waals surface area contributed by atoms with Gasteiger partial charge in [0.05, 0.1) is 0 Å². The van der Waals surface area contributed by atoms with Gasteiger partial charge in [-0.3, -0.25) is 0 Å². The van der Waals surface area contributed by atoms with Gasteiger partial charge in [0.15, 0.2) is 0 Å². The Hall–Kier alpha value is -2.59. The lowest BCUT2D eigenvalue weighted by molar-refractivity contribution is 0.857. The van der Waals surface area contributed by atoms with Crippen LogP contribution in [0, 0.1) is 6.92 Å². The molecule has 0 aliphatic heterocycles. The molecule has 1 heterocycles. The Morgan fingerprint density at radius 1 is 0.885 bits per heavy atom. The summed E-state index contributed by atoms with van der Waals surface area (Å²) in [7, 11) is 0. The second-order valence-corrected chi connectivity index (χ2v) is 6.65. The first-order valence-corrected chi connectivity index (χ1v) is 9.18. The summed E-state index contributed by atoms with van der Waals surface area (Å²) in [6, 6.07) is 20.2. The molecule has 2 N–H and O–H groups in total. The van der Waals surface area contributed by atoms with Crippen molar-refractivity contribution >= 4 is 23.4 Å². The van der Waals surface area contributed by atoms with Crippen LogP contribution in [-0.4, -0.2) is 16.5 Å². The average Bonchev–Trinajstić information content (AvgIpc) is 2.65. The van der Waals surface area contributed by atoms with Crippen LogP contribution in [0.5, 0.6) is 0 Å². The maximum atomic E-state index is 5.92. The number of hydrogen-bond acceptors (Lipinski definition) is 4. The standard InChI is InChI=1S/C21H23ClN4/c1-16-14-20(23-13-5-8-17-6-3-2-4-7-17)26-21(25-16)24-15-18-9-11-19(22)12-10-18/h2-4,6-7,9-12,14H,5,8,13,15H2,1H3,(H2,23,24,25,26). The Balaban J connectivity index is 1.51. The zero-order valence-corrected chi connectivity index (χ0v) is 15.6. The lowest BCUT2D eigenvalue weighted by Crippen LogP contribution is -2.09. The molecule has 26 heavy (non-hydrogen) atoms. The van der Waals surface area contributed by atoms with Gasteiger partial charge in [0, 0.05) is 29.9 Å². The third kappa shape index (κ3) is 5.74. The van der Waals surface area contributed by atoms with Gasteiger partial charge < -0.3 is 10.6 Å². The highest BCUT2D eigenvalue weighted by Crippen LogP contribution is 2.13. The van der Waals surface area contributed by atoms with Crippen LogP contribution in [0.1, 0.15) is 23.2 Å². The molecular weight excluding hydrogens is 344 g/mol. The number of rotatable bonds is 8. The molecule has 0 aliphatic rings. The van der Waals surface area contributed by atoms with E-state index in [1.807, 2.05) is 43.3 Å². The van der Waals surface area contributed by atoms with E-state index < -0.39 is 0 Å². The van der Waals surface area contributed by atoms with Gasteiger partial charge >= 0.3 is 0 Å². The van der Waals surface area contributed by atoms with Crippen molar-refractivity contribution in [3.63, 3.8) is 0 Å². The van der Waals surface area contributed by atoms with Crippen LogP contribution in [0.25, 0.3) is 0 Å². The number of hydrogen-bond donors (Lipinski definition) is 2. The van der Waals surface area contributed by atoms with E-state index >= 15 is 0 Å². The number of anilines is 2. The van der Waals surface area contributed by atoms with Crippen LogP contribution in [0.2, 0.25) is 5.02 Å². The van der Waals surface area contributed by atoms with Crippen LogP contribution in [0.4, 0.5) is 11.8 Å². The molecule has 0 unspecified atom stereocenters. The second kappa shape index (κ2) is 9.20. The molecule has 0 radical (unpaired) electrons. The smallest absolute Gasteiger partial charge is 0.225 e. The van der Waals surface area contributed by atoms with Crippen LogP contribution in [-0.2, 0) is 13.0 Å². The topological polar surface area (TPSA) is 49.8 Å². The van der Waals surface area contributed by atoms with Gasteiger partial charge in [-0.2, -0.15) is 4.98 Å². The van der Waals surface area contributed by atoms with E-state index in [-0.39, 0.29) is 0 Å². The number of nitrogens with zero attached hydrogens (tertiary/aromatic N) is 2. The minimum atomic E-state index is 0.630. The van der Waals surface area contributed by atoms with Crippen molar-refractivity contribution in [1.29, 1.82) is 0 Å². The normalized spacial score (nSPS) is 10.5. The summed E-state index contributed by atoms with van der Waals surface area (Å²) < 4.78 is 0. The maximum Gasteiger partial charge on any atom is 0.225 e. The van der Waals surface area contributed by atoms with Crippen molar-refractivity contribution in [2.75, 3.05) is 17.2 Å². The average molecular weight is 367 g/mol. The van der Waals surface area contributed by atoms with Crippen molar-refractivity contribution < 1.29 is 0 Å².